The van der Waals surface area contributed by atoms with Crippen LogP contribution >= 0.6 is 0 Å². The average Bonchev–Trinajstić information content (AvgIpc) is 2.46. The summed E-state index contributed by atoms with van der Waals surface area (Å²) >= 11 is 0. The molecule has 0 saturated carbocycles. The molecule has 1 N–H and O–H groups in total. The predicted molar refractivity (Wildman–Crippen MR) is 76.1 cm³/mol. The third kappa shape index (κ3) is 3.78. The molecule has 1 aromatic rings. The summed E-state index contributed by atoms with van der Waals surface area (Å²) in [4.78, 5) is 13.9. The number of rotatable bonds is 6. The summed E-state index contributed by atoms with van der Waals surface area (Å²) in [5.74, 6) is -0.178. The maximum absolute atomic E-state index is 12.2. The number of nitrogens with zero attached hydrogens (tertiary/aromatic N) is 1. The number of methoxy groups -OCH3 is 1. The molecule has 0 aromatic heterocycles. The van der Waals surface area contributed by atoms with E-state index in [9.17, 15) is 13.2 Å². The van der Waals surface area contributed by atoms with Gasteiger partial charge in [0.25, 0.3) is 5.91 Å². The van der Waals surface area contributed by atoms with Crippen molar-refractivity contribution in [1.82, 2.24) is 9.62 Å². The summed E-state index contributed by atoms with van der Waals surface area (Å²) in [6, 6.07) is 5.76. The van der Waals surface area contributed by atoms with Crippen LogP contribution in [0.5, 0.6) is 0 Å². The van der Waals surface area contributed by atoms with Crippen molar-refractivity contribution < 1.29 is 17.9 Å². The summed E-state index contributed by atoms with van der Waals surface area (Å²) in [5.41, 5.74) is 0.436. The van der Waals surface area contributed by atoms with E-state index in [0.29, 0.717) is 12.2 Å². The van der Waals surface area contributed by atoms with Gasteiger partial charge in [-0.25, -0.2) is 13.1 Å². The van der Waals surface area contributed by atoms with Gasteiger partial charge in [0.15, 0.2) is 0 Å². The maximum atomic E-state index is 12.2. The van der Waals surface area contributed by atoms with E-state index in [0.717, 1.165) is 0 Å². The second-order valence-electron chi connectivity index (χ2n) is 4.45. The Labute approximate surface area is 119 Å². The van der Waals surface area contributed by atoms with E-state index in [2.05, 4.69) is 4.72 Å². The minimum Gasteiger partial charge on any atom is -0.383 e. The topological polar surface area (TPSA) is 75.7 Å². The van der Waals surface area contributed by atoms with Gasteiger partial charge in [-0.3, -0.25) is 4.79 Å². The molecule has 0 aliphatic carbocycles. The molecule has 0 bridgehead atoms. The van der Waals surface area contributed by atoms with Gasteiger partial charge in [-0.1, -0.05) is 0 Å². The van der Waals surface area contributed by atoms with Crippen LogP contribution in [-0.4, -0.2) is 53.1 Å². The van der Waals surface area contributed by atoms with E-state index in [1.54, 1.807) is 19.1 Å². The number of sulfonamides is 1. The highest BCUT2D eigenvalue weighted by atomic mass is 32.2. The Balaban J connectivity index is 2.91. The SMILES string of the molecule is CNS(=O)(=O)c1ccc(C(=O)N(C)C(C)COC)cc1. The molecule has 1 atom stereocenters. The number of carbonyl (C=O) groups is 1. The molecular weight excluding hydrogens is 280 g/mol. The first-order valence-electron chi connectivity index (χ1n) is 6.13. The lowest BCUT2D eigenvalue weighted by molar-refractivity contribution is 0.0633. The minimum absolute atomic E-state index is 0.0618. The summed E-state index contributed by atoms with van der Waals surface area (Å²) in [6.07, 6.45) is 0. The summed E-state index contributed by atoms with van der Waals surface area (Å²) in [5, 5.41) is 0. The average molecular weight is 300 g/mol. The van der Waals surface area contributed by atoms with Crippen molar-refractivity contribution in [2.45, 2.75) is 17.9 Å². The first-order chi connectivity index (χ1) is 9.33. The summed E-state index contributed by atoms with van der Waals surface area (Å²) < 4.78 is 30.4. The fraction of sp³-hybridized carbons (Fsp3) is 0.462. The Morgan fingerprint density at radius 3 is 2.35 bits per heavy atom. The molecule has 1 rings (SSSR count). The number of likely N-dealkylation sites (N-methyl/N-ethyl adjacent to an activating group) is 1. The molecule has 1 amide bonds. The number of carbonyl (C=O) groups excluding carboxylic acids is 1. The Kier molecular flexibility index (Phi) is 5.67. The molecule has 112 valence electrons. The number of amides is 1. The fourth-order valence-corrected chi connectivity index (χ4v) is 2.38. The van der Waals surface area contributed by atoms with Gasteiger partial charge in [-0.15, -0.1) is 0 Å². The molecule has 0 radical (unpaired) electrons. The molecule has 20 heavy (non-hydrogen) atoms. The highest BCUT2D eigenvalue weighted by Gasteiger charge is 2.18. The second kappa shape index (κ2) is 6.83. The molecule has 6 nitrogen and oxygen atoms in total. The van der Waals surface area contributed by atoms with Crippen LogP contribution in [0.25, 0.3) is 0 Å². The van der Waals surface area contributed by atoms with Crippen LogP contribution in [-0.2, 0) is 14.8 Å². The second-order valence-corrected chi connectivity index (χ2v) is 6.34. The highest BCUT2D eigenvalue weighted by Crippen LogP contribution is 2.12. The van der Waals surface area contributed by atoms with Crippen molar-refractivity contribution >= 4 is 15.9 Å². The Hall–Kier alpha value is -1.44. The molecule has 0 heterocycles. The molecule has 1 aromatic carbocycles. The molecule has 0 fully saturated rings. The smallest absolute Gasteiger partial charge is 0.253 e. The van der Waals surface area contributed by atoms with E-state index >= 15 is 0 Å². The van der Waals surface area contributed by atoms with Gasteiger partial charge < -0.3 is 9.64 Å². The largest absolute Gasteiger partial charge is 0.383 e. The normalized spacial score (nSPS) is 13.0. The first kappa shape index (κ1) is 16.6. The van der Waals surface area contributed by atoms with Crippen molar-refractivity contribution in [2.75, 3.05) is 27.8 Å². The predicted octanol–water partition coefficient (Wildman–Crippen LogP) is 0.702. The molecule has 0 aliphatic rings. The van der Waals surface area contributed by atoms with Gasteiger partial charge >= 0.3 is 0 Å². The third-order valence-corrected chi connectivity index (χ3v) is 4.50. The number of benzene rings is 1. The molecule has 0 saturated heterocycles. The van der Waals surface area contributed by atoms with Crippen molar-refractivity contribution in [1.29, 1.82) is 0 Å². The zero-order valence-corrected chi connectivity index (χ0v) is 12.9. The fourth-order valence-electron chi connectivity index (χ4n) is 1.65. The van der Waals surface area contributed by atoms with E-state index in [-0.39, 0.29) is 16.8 Å². The van der Waals surface area contributed by atoms with E-state index < -0.39 is 10.0 Å². The van der Waals surface area contributed by atoms with Crippen LogP contribution in [0.2, 0.25) is 0 Å². The highest BCUT2D eigenvalue weighted by molar-refractivity contribution is 7.89. The third-order valence-electron chi connectivity index (χ3n) is 3.07. The van der Waals surface area contributed by atoms with Gasteiger partial charge in [-0.05, 0) is 38.2 Å². The Morgan fingerprint density at radius 2 is 1.90 bits per heavy atom. The number of ether oxygens (including phenoxy) is 1. The number of hydrogen-bond acceptors (Lipinski definition) is 4. The lowest BCUT2D eigenvalue weighted by atomic mass is 10.2. The van der Waals surface area contributed by atoms with Gasteiger partial charge in [-0.2, -0.15) is 0 Å². The van der Waals surface area contributed by atoms with Gasteiger partial charge in [0.05, 0.1) is 17.5 Å². The summed E-state index contributed by atoms with van der Waals surface area (Å²) in [7, 11) is 1.12. The number of hydrogen-bond donors (Lipinski definition) is 1. The van der Waals surface area contributed by atoms with Crippen LogP contribution in [0.1, 0.15) is 17.3 Å². The quantitative estimate of drug-likeness (QED) is 0.839. The lowest BCUT2D eigenvalue weighted by Crippen LogP contribution is -2.37. The van der Waals surface area contributed by atoms with E-state index in [1.165, 1.54) is 31.3 Å². The van der Waals surface area contributed by atoms with Crippen molar-refractivity contribution in [3.8, 4) is 0 Å². The van der Waals surface area contributed by atoms with E-state index in [4.69, 9.17) is 4.74 Å². The Bertz CT molecular complexity index is 554. The van der Waals surface area contributed by atoms with Crippen LogP contribution in [0.4, 0.5) is 0 Å². The standard InChI is InChI=1S/C13H20N2O4S/c1-10(9-19-4)15(3)13(16)11-5-7-12(8-6-11)20(17,18)14-2/h5-8,10,14H,9H2,1-4H3. The van der Waals surface area contributed by atoms with Crippen LogP contribution in [0.15, 0.2) is 29.2 Å². The van der Waals surface area contributed by atoms with Crippen LogP contribution in [0.3, 0.4) is 0 Å². The molecule has 1 unspecified atom stereocenters. The van der Waals surface area contributed by atoms with Gasteiger partial charge in [0.2, 0.25) is 10.0 Å². The Morgan fingerprint density at radius 1 is 1.35 bits per heavy atom. The molecule has 0 spiro atoms. The number of nitrogens with one attached hydrogen (secondary N) is 1. The zero-order chi connectivity index (χ0) is 15.3. The lowest BCUT2D eigenvalue weighted by Gasteiger charge is -2.24. The van der Waals surface area contributed by atoms with Gasteiger partial charge in [0.1, 0.15) is 0 Å². The molecular formula is C13H20N2O4S. The van der Waals surface area contributed by atoms with Crippen molar-refractivity contribution in [3.05, 3.63) is 29.8 Å². The first-order valence-corrected chi connectivity index (χ1v) is 7.61. The van der Waals surface area contributed by atoms with Crippen LogP contribution in [0, 0.1) is 0 Å². The molecule has 0 aliphatic heterocycles. The van der Waals surface area contributed by atoms with Crippen LogP contribution < -0.4 is 4.72 Å². The van der Waals surface area contributed by atoms with Crippen molar-refractivity contribution in [2.24, 2.45) is 0 Å². The zero-order valence-electron chi connectivity index (χ0n) is 12.1. The van der Waals surface area contributed by atoms with Crippen molar-refractivity contribution in [3.63, 3.8) is 0 Å². The maximum Gasteiger partial charge on any atom is 0.253 e. The molecule has 7 heteroatoms. The van der Waals surface area contributed by atoms with Gasteiger partial charge in [0, 0.05) is 19.7 Å². The van der Waals surface area contributed by atoms with E-state index in [1.807, 2.05) is 6.92 Å². The monoisotopic (exact) mass is 300 g/mol. The minimum atomic E-state index is -3.48. The summed E-state index contributed by atoms with van der Waals surface area (Å²) in [6.45, 7) is 2.32.